The van der Waals surface area contributed by atoms with Crippen LogP contribution in [0.5, 0.6) is 0 Å². The average Bonchev–Trinajstić information content (AvgIpc) is 3.00. The van der Waals surface area contributed by atoms with Gasteiger partial charge in [-0.25, -0.2) is 4.79 Å². The standard InChI is InChI=1S/C31H36N6O5/c32-25(16-13-21-7-3-1-4-8-21)29(39)36-26(17-18-27(33)38)30(40)35-19-22-11-14-24(15-12-22)28(34)37-31(41)42-20-23-9-5-2-6-10-23/h1-12,14-15,25-26H,13,16-20,32H2,(H2,33,38)(H,35,40)(H,36,39)(H2,34,37,41)/t25-,26+/m1/s1. The molecule has 0 spiro atoms. The fourth-order valence-corrected chi connectivity index (χ4v) is 3.97. The van der Waals surface area contributed by atoms with Crippen LogP contribution < -0.4 is 27.4 Å². The zero-order chi connectivity index (χ0) is 30.3. The van der Waals surface area contributed by atoms with Gasteiger partial charge in [-0.1, -0.05) is 84.9 Å². The monoisotopic (exact) mass is 572 g/mol. The zero-order valence-corrected chi connectivity index (χ0v) is 23.2. The second-order valence-electron chi connectivity index (χ2n) is 9.67. The van der Waals surface area contributed by atoms with Gasteiger partial charge in [0.25, 0.3) is 0 Å². The second-order valence-corrected chi connectivity index (χ2v) is 9.67. The van der Waals surface area contributed by atoms with Crippen molar-refractivity contribution in [2.24, 2.45) is 11.5 Å². The Kier molecular flexibility index (Phi) is 12.2. The summed E-state index contributed by atoms with van der Waals surface area (Å²) in [4.78, 5) is 49.0. The molecule has 0 heterocycles. The van der Waals surface area contributed by atoms with Gasteiger partial charge in [0, 0.05) is 18.5 Å². The number of nitrogens with two attached hydrogens (primary N) is 2. The van der Waals surface area contributed by atoms with E-state index in [4.69, 9.17) is 21.6 Å². The number of nitrogens with one attached hydrogen (secondary N) is 4. The number of alkyl carbamates (subject to hydrolysis) is 1. The van der Waals surface area contributed by atoms with Crippen LogP contribution in [0.25, 0.3) is 0 Å². The van der Waals surface area contributed by atoms with Crippen LogP contribution in [0.4, 0.5) is 4.79 Å². The van der Waals surface area contributed by atoms with Gasteiger partial charge in [0.2, 0.25) is 17.7 Å². The third kappa shape index (κ3) is 10.9. The fourth-order valence-electron chi connectivity index (χ4n) is 3.97. The zero-order valence-electron chi connectivity index (χ0n) is 23.2. The topological polar surface area (TPSA) is 189 Å². The van der Waals surface area contributed by atoms with E-state index in [2.05, 4.69) is 16.0 Å². The largest absolute Gasteiger partial charge is 0.444 e. The predicted molar refractivity (Wildman–Crippen MR) is 158 cm³/mol. The number of aryl methyl sites for hydroxylation is 1. The van der Waals surface area contributed by atoms with Crippen molar-refractivity contribution in [2.75, 3.05) is 0 Å². The highest BCUT2D eigenvalue weighted by atomic mass is 16.5. The highest BCUT2D eigenvalue weighted by Gasteiger charge is 2.24. The van der Waals surface area contributed by atoms with E-state index >= 15 is 0 Å². The Morgan fingerprint density at radius 3 is 2.02 bits per heavy atom. The van der Waals surface area contributed by atoms with Crippen LogP contribution in [0.3, 0.4) is 0 Å². The summed E-state index contributed by atoms with van der Waals surface area (Å²) in [6.45, 7) is 0.209. The smallest absolute Gasteiger partial charge is 0.413 e. The molecule has 0 aromatic heterocycles. The lowest BCUT2D eigenvalue weighted by Gasteiger charge is -2.20. The molecule has 0 aliphatic carbocycles. The lowest BCUT2D eigenvalue weighted by Crippen LogP contribution is -2.51. The maximum Gasteiger partial charge on any atom is 0.413 e. The summed E-state index contributed by atoms with van der Waals surface area (Å²) in [5.41, 5.74) is 14.3. The summed E-state index contributed by atoms with van der Waals surface area (Å²) < 4.78 is 5.14. The minimum atomic E-state index is -0.994. The summed E-state index contributed by atoms with van der Waals surface area (Å²) in [6, 6.07) is 23.6. The van der Waals surface area contributed by atoms with Gasteiger partial charge in [0.05, 0.1) is 6.04 Å². The summed E-state index contributed by atoms with van der Waals surface area (Å²) in [5, 5.41) is 15.9. The number of carbonyl (C=O) groups excluding carboxylic acids is 4. The number of rotatable bonds is 14. The average molecular weight is 573 g/mol. The number of carbonyl (C=O) groups is 4. The molecule has 8 N–H and O–H groups in total. The lowest BCUT2D eigenvalue weighted by molar-refractivity contribution is -0.130. The number of hydrogen-bond donors (Lipinski definition) is 6. The lowest BCUT2D eigenvalue weighted by atomic mass is 10.0. The molecule has 0 fully saturated rings. The summed E-state index contributed by atoms with van der Waals surface area (Å²) in [6.07, 6.45) is 0.186. The Bertz CT molecular complexity index is 1350. The summed E-state index contributed by atoms with van der Waals surface area (Å²) >= 11 is 0. The number of benzene rings is 3. The minimum absolute atomic E-state index is 0.0282. The highest BCUT2D eigenvalue weighted by molar-refractivity contribution is 6.04. The van der Waals surface area contributed by atoms with Gasteiger partial charge >= 0.3 is 6.09 Å². The molecule has 3 rings (SSSR count). The first-order valence-corrected chi connectivity index (χ1v) is 13.5. The number of primary amides is 1. The third-order valence-corrected chi connectivity index (χ3v) is 6.39. The van der Waals surface area contributed by atoms with Crippen LogP contribution in [-0.2, 0) is 38.7 Å². The molecule has 0 bridgehead atoms. The van der Waals surface area contributed by atoms with Crippen molar-refractivity contribution in [3.8, 4) is 0 Å². The van der Waals surface area contributed by atoms with Gasteiger partial charge in [-0.3, -0.25) is 25.1 Å². The molecule has 2 atom stereocenters. The molecule has 11 nitrogen and oxygen atoms in total. The molecule has 42 heavy (non-hydrogen) atoms. The van der Waals surface area contributed by atoms with E-state index in [9.17, 15) is 19.2 Å². The van der Waals surface area contributed by atoms with E-state index in [0.717, 1.165) is 11.1 Å². The van der Waals surface area contributed by atoms with E-state index in [-0.39, 0.29) is 31.8 Å². The third-order valence-electron chi connectivity index (χ3n) is 6.39. The molecule has 0 saturated carbocycles. The molecule has 0 saturated heterocycles. The molecule has 3 aromatic rings. The quantitative estimate of drug-likeness (QED) is 0.127. The van der Waals surface area contributed by atoms with Crippen molar-refractivity contribution < 1.29 is 23.9 Å². The minimum Gasteiger partial charge on any atom is -0.444 e. The van der Waals surface area contributed by atoms with Gasteiger partial charge in [-0.2, -0.15) is 0 Å². The van der Waals surface area contributed by atoms with Gasteiger partial charge in [0.15, 0.2) is 0 Å². The van der Waals surface area contributed by atoms with Gasteiger partial charge in [-0.15, -0.1) is 0 Å². The van der Waals surface area contributed by atoms with Gasteiger partial charge in [-0.05, 0) is 36.0 Å². The number of hydrogen-bond acceptors (Lipinski definition) is 7. The predicted octanol–water partition coefficient (Wildman–Crippen LogP) is 2.26. The Balaban J connectivity index is 1.48. The van der Waals surface area contributed by atoms with Crippen LogP contribution in [0, 0.1) is 5.41 Å². The molecule has 11 heteroatoms. The number of amidine groups is 1. The maximum atomic E-state index is 12.9. The van der Waals surface area contributed by atoms with E-state index in [1.54, 1.807) is 24.3 Å². The Morgan fingerprint density at radius 2 is 1.40 bits per heavy atom. The Hall–Kier alpha value is -5.03. The SMILES string of the molecule is N=C(NC(=O)OCc1ccccc1)c1ccc(CNC(=O)[C@H](CCC(N)=O)NC(=O)[C@H](N)CCc2ccccc2)cc1. The van der Waals surface area contributed by atoms with Crippen molar-refractivity contribution in [3.05, 3.63) is 107 Å². The molecule has 220 valence electrons. The molecular formula is C31H36N6O5. The van der Waals surface area contributed by atoms with Gasteiger partial charge < -0.3 is 26.8 Å². The number of ether oxygens (including phenoxy) is 1. The van der Waals surface area contributed by atoms with Crippen LogP contribution in [0.2, 0.25) is 0 Å². The van der Waals surface area contributed by atoms with E-state index < -0.39 is 35.9 Å². The molecule has 0 unspecified atom stereocenters. The highest BCUT2D eigenvalue weighted by Crippen LogP contribution is 2.08. The Labute approximate surface area is 244 Å². The summed E-state index contributed by atoms with van der Waals surface area (Å²) in [7, 11) is 0. The van der Waals surface area contributed by atoms with Crippen molar-refractivity contribution in [1.29, 1.82) is 5.41 Å². The molecule has 0 aliphatic rings. The maximum absolute atomic E-state index is 12.9. The molecule has 3 aromatic carbocycles. The van der Waals surface area contributed by atoms with Crippen LogP contribution in [0.1, 0.15) is 41.5 Å². The first kappa shape index (κ1) is 31.5. The van der Waals surface area contributed by atoms with Gasteiger partial charge in [0.1, 0.15) is 18.5 Å². The summed E-state index contributed by atoms with van der Waals surface area (Å²) in [5.74, 6) is -1.71. The Morgan fingerprint density at radius 1 is 0.786 bits per heavy atom. The van der Waals surface area contributed by atoms with Crippen molar-refractivity contribution in [3.63, 3.8) is 0 Å². The van der Waals surface area contributed by atoms with Crippen LogP contribution in [-0.4, -0.2) is 41.7 Å². The molecule has 4 amide bonds. The van der Waals surface area contributed by atoms with Crippen LogP contribution in [0.15, 0.2) is 84.9 Å². The van der Waals surface area contributed by atoms with Crippen LogP contribution >= 0.6 is 0 Å². The molecule has 0 aliphatic heterocycles. The molecule has 0 radical (unpaired) electrons. The second kappa shape index (κ2) is 16.3. The van der Waals surface area contributed by atoms with E-state index in [1.165, 1.54) is 0 Å². The normalized spacial score (nSPS) is 11.9. The first-order chi connectivity index (χ1) is 20.2. The van der Waals surface area contributed by atoms with E-state index in [0.29, 0.717) is 24.0 Å². The first-order valence-electron chi connectivity index (χ1n) is 13.5. The van der Waals surface area contributed by atoms with Crippen molar-refractivity contribution in [1.82, 2.24) is 16.0 Å². The molecular weight excluding hydrogens is 536 g/mol. The van der Waals surface area contributed by atoms with Crippen molar-refractivity contribution >= 4 is 29.7 Å². The fraction of sp³-hybridized carbons (Fsp3) is 0.258. The number of amides is 4. The van der Waals surface area contributed by atoms with E-state index in [1.807, 2.05) is 60.7 Å². The van der Waals surface area contributed by atoms with Crippen molar-refractivity contribution in [2.45, 2.75) is 50.9 Å².